The minimum atomic E-state index is -0.725. The molecule has 0 aromatic carbocycles. The van der Waals surface area contributed by atoms with Crippen LogP contribution < -0.4 is 0 Å². The molecule has 2 nitrogen and oxygen atoms in total. The van der Waals surface area contributed by atoms with Crippen LogP contribution in [-0.2, 0) is 4.79 Å². The molecular formula is C7H12O2S. The van der Waals surface area contributed by atoms with E-state index in [-0.39, 0.29) is 11.2 Å². The Morgan fingerprint density at radius 2 is 2.00 bits per heavy atom. The molecule has 0 atom stereocenters. The molecule has 1 fully saturated rings. The lowest BCUT2D eigenvalue weighted by molar-refractivity contribution is -0.137. The highest BCUT2D eigenvalue weighted by atomic mass is 32.1. The third-order valence-electron chi connectivity index (χ3n) is 2.01. The van der Waals surface area contributed by atoms with Crippen molar-refractivity contribution in [2.75, 3.05) is 0 Å². The summed E-state index contributed by atoms with van der Waals surface area (Å²) in [6.07, 6.45) is 4.41. The maximum atomic E-state index is 10.3. The van der Waals surface area contributed by atoms with Crippen molar-refractivity contribution in [3.63, 3.8) is 0 Å². The van der Waals surface area contributed by atoms with E-state index in [0.717, 1.165) is 25.7 Å². The van der Waals surface area contributed by atoms with Gasteiger partial charge < -0.3 is 5.11 Å². The second-order valence-electron chi connectivity index (χ2n) is 3.00. The van der Waals surface area contributed by atoms with Crippen molar-refractivity contribution < 1.29 is 9.90 Å². The molecule has 0 bridgehead atoms. The third kappa shape index (κ3) is 1.90. The summed E-state index contributed by atoms with van der Waals surface area (Å²) in [7, 11) is 0. The summed E-state index contributed by atoms with van der Waals surface area (Å²) < 4.78 is -0.189. The number of carboxylic acids is 1. The maximum Gasteiger partial charge on any atom is 0.304 e. The molecule has 0 aliphatic heterocycles. The van der Waals surface area contributed by atoms with Gasteiger partial charge in [-0.3, -0.25) is 4.79 Å². The zero-order valence-electron chi connectivity index (χ0n) is 5.84. The summed E-state index contributed by atoms with van der Waals surface area (Å²) in [5.74, 6) is -0.725. The van der Waals surface area contributed by atoms with Gasteiger partial charge in [-0.05, 0) is 12.8 Å². The molecule has 1 aliphatic carbocycles. The zero-order valence-corrected chi connectivity index (χ0v) is 6.73. The Kier molecular flexibility index (Phi) is 2.24. The number of carbonyl (C=O) groups is 1. The van der Waals surface area contributed by atoms with Crippen molar-refractivity contribution in [3.05, 3.63) is 0 Å². The normalized spacial score (nSPS) is 22.9. The van der Waals surface area contributed by atoms with Crippen LogP contribution in [0.3, 0.4) is 0 Å². The Hall–Kier alpha value is -0.180. The Morgan fingerprint density at radius 3 is 2.40 bits per heavy atom. The summed E-state index contributed by atoms with van der Waals surface area (Å²) >= 11 is 4.34. The van der Waals surface area contributed by atoms with Gasteiger partial charge in [0.05, 0.1) is 6.42 Å². The molecule has 0 spiro atoms. The number of carboxylic acid groups (broad SMARTS) is 1. The van der Waals surface area contributed by atoms with E-state index in [1.54, 1.807) is 0 Å². The second-order valence-corrected chi connectivity index (χ2v) is 3.95. The van der Waals surface area contributed by atoms with Crippen LogP contribution in [0.15, 0.2) is 0 Å². The molecule has 1 saturated carbocycles. The SMILES string of the molecule is O=C(O)CC1(S)CCCC1. The fourth-order valence-corrected chi connectivity index (χ4v) is 1.94. The highest BCUT2D eigenvalue weighted by Crippen LogP contribution is 2.37. The molecule has 10 heavy (non-hydrogen) atoms. The lowest BCUT2D eigenvalue weighted by Gasteiger charge is -2.18. The fraction of sp³-hybridized carbons (Fsp3) is 0.857. The summed E-state index contributed by atoms with van der Waals surface area (Å²) in [5.41, 5.74) is 0. The van der Waals surface area contributed by atoms with Crippen molar-refractivity contribution in [2.45, 2.75) is 36.9 Å². The predicted octanol–water partition coefficient (Wildman–Crippen LogP) is 1.70. The van der Waals surface area contributed by atoms with Crippen LogP contribution in [-0.4, -0.2) is 15.8 Å². The summed E-state index contributed by atoms with van der Waals surface area (Å²) in [5, 5.41) is 8.49. The summed E-state index contributed by atoms with van der Waals surface area (Å²) in [6, 6.07) is 0. The molecule has 0 heterocycles. The lowest BCUT2D eigenvalue weighted by Crippen LogP contribution is -2.20. The van der Waals surface area contributed by atoms with Gasteiger partial charge in [-0.15, -0.1) is 0 Å². The van der Waals surface area contributed by atoms with E-state index in [4.69, 9.17) is 5.11 Å². The molecule has 0 aromatic rings. The van der Waals surface area contributed by atoms with Gasteiger partial charge in [-0.1, -0.05) is 12.8 Å². The Balaban J connectivity index is 2.43. The maximum absolute atomic E-state index is 10.3. The molecular weight excluding hydrogens is 148 g/mol. The molecule has 0 saturated heterocycles. The number of thiol groups is 1. The molecule has 1 N–H and O–H groups in total. The fourth-order valence-electron chi connectivity index (χ4n) is 1.49. The van der Waals surface area contributed by atoms with Gasteiger partial charge in [0.2, 0.25) is 0 Å². The highest BCUT2D eigenvalue weighted by Gasteiger charge is 2.31. The van der Waals surface area contributed by atoms with Crippen LogP contribution in [0.25, 0.3) is 0 Å². The van der Waals surface area contributed by atoms with Crippen LogP contribution in [0.5, 0.6) is 0 Å². The van der Waals surface area contributed by atoms with Gasteiger partial charge in [0, 0.05) is 4.75 Å². The highest BCUT2D eigenvalue weighted by molar-refractivity contribution is 7.81. The molecule has 0 amide bonds. The van der Waals surface area contributed by atoms with Crippen molar-refractivity contribution in [3.8, 4) is 0 Å². The molecule has 3 heteroatoms. The van der Waals surface area contributed by atoms with Crippen LogP contribution in [0.1, 0.15) is 32.1 Å². The van der Waals surface area contributed by atoms with E-state index in [1.807, 2.05) is 0 Å². The molecule has 1 rings (SSSR count). The van der Waals surface area contributed by atoms with E-state index in [9.17, 15) is 4.79 Å². The van der Waals surface area contributed by atoms with E-state index in [0.29, 0.717) is 0 Å². The lowest BCUT2D eigenvalue weighted by atomic mass is 10.0. The van der Waals surface area contributed by atoms with Gasteiger partial charge in [0.15, 0.2) is 0 Å². The number of rotatable bonds is 2. The van der Waals surface area contributed by atoms with Gasteiger partial charge in [0.1, 0.15) is 0 Å². The zero-order chi connectivity index (χ0) is 7.61. The van der Waals surface area contributed by atoms with Crippen molar-refractivity contribution >= 4 is 18.6 Å². The van der Waals surface area contributed by atoms with E-state index in [1.165, 1.54) is 0 Å². The standard InChI is InChI=1S/C7H12O2S/c8-6(9)5-7(10)3-1-2-4-7/h10H,1-5H2,(H,8,9). The molecule has 0 unspecified atom stereocenters. The third-order valence-corrected chi connectivity index (χ3v) is 2.62. The first kappa shape index (κ1) is 7.92. The Labute approximate surface area is 66.0 Å². The van der Waals surface area contributed by atoms with Gasteiger partial charge in [-0.25, -0.2) is 0 Å². The first-order chi connectivity index (χ1) is 4.62. The average molecular weight is 160 g/mol. The first-order valence-corrected chi connectivity index (χ1v) is 4.01. The van der Waals surface area contributed by atoms with Crippen LogP contribution >= 0.6 is 12.6 Å². The topological polar surface area (TPSA) is 37.3 Å². The van der Waals surface area contributed by atoms with Crippen LogP contribution in [0.4, 0.5) is 0 Å². The number of hydrogen-bond donors (Lipinski definition) is 2. The predicted molar refractivity (Wildman–Crippen MR) is 42.4 cm³/mol. The van der Waals surface area contributed by atoms with E-state index >= 15 is 0 Å². The largest absolute Gasteiger partial charge is 0.481 e. The Bertz CT molecular complexity index is 139. The van der Waals surface area contributed by atoms with E-state index in [2.05, 4.69) is 12.6 Å². The molecule has 1 aliphatic rings. The van der Waals surface area contributed by atoms with E-state index < -0.39 is 5.97 Å². The Morgan fingerprint density at radius 1 is 1.50 bits per heavy atom. The molecule has 0 aromatic heterocycles. The monoisotopic (exact) mass is 160 g/mol. The van der Waals surface area contributed by atoms with Crippen molar-refractivity contribution in [1.82, 2.24) is 0 Å². The van der Waals surface area contributed by atoms with Crippen molar-refractivity contribution in [1.29, 1.82) is 0 Å². The number of hydrogen-bond acceptors (Lipinski definition) is 2. The smallest absolute Gasteiger partial charge is 0.304 e. The first-order valence-electron chi connectivity index (χ1n) is 3.57. The minimum absolute atomic E-state index is 0.189. The molecule has 0 radical (unpaired) electrons. The second kappa shape index (κ2) is 2.82. The minimum Gasteiger partial charge on any atom is -0.481 e. The van der Waals surface area contributed by atoms with Gasteiger partial charge in [-0.2, -0.15) is 12.6 Å². The van der Waals surface area contributed by atoms with Gasteiger partial charge >= 0.3 is 5.97 Å². The van der Waals surface area contributed by atoms with Crippen molar-refractivity contribution in [2.24, 2.45) is 0 Å². The summed E-state index contributed by atoms with van der Waals surface area (Å²) in [4.78, 5) is 10.3. The quantitative estimate of drug-likeness (QED) is 0.603. The van der Waals surface area contributed by atoms with Crippen LogP contribution in [0, 0.1) is 0 Å². The average Bonchev–Trinajstić information content (AvgIpc) is 2.12. The van der Waals surface area contributed by atoms with Crippen LogP contribution in [0.2, 0.25) is 0 Å². The summed E-state index contributed by atoms with van der Waals surface area (Å²) in [6.45, 7) is 0. The number of aliphatic carboxylic acids is 1. The molecule has 58 valence electrons. The van der Waals surface area contributed by atoms with Gasteiger partial charge in [0.25, 0.3) is 0 Å².